The molecule has 0 bridgehead atoms. The molecule has 0 saturated heterocycles. The summed E-state index contributed by atoms with van der Waals surface area (Å²) in [6, 6.07) is 19.4. The van der Waals surface area contributed by atoms with Gasteiger partial charge in [0.05, 0.1) is 11.3 Å². The molecular formula is C47H55NO10. The van der Waals surface area contributed by atoms with E-state index in [4.69, 9.17) is 14.2 Å². The van der Waals surface area contributed by atoms with Crippen LogP contribution < -0.4 is 19.5 Å². The molecule has 0 aliphatic heterocycles. The molecular weight excluding hydrogens is 739 g/mol. The number of carbonyl (C=O) groups is 3. The van der Waals surface area contributed by atoms with Crippen molar-refractivity contribution in [2.24, 2.45) is 0 Å². The summed E-state index contributed by atoms with van der Waals surface area (Å²) in [7, 11) is 0. The van der Waals surface area contributed by atoms with Crippen molar-refractivity contribution >= 4 is 23.3 Å². The van der Waals surface area contributed by atoms with E-state index in [2.05, 4.69) is 36.5 Å². The van der Waals surface area contributed by atoms with Crippen LogP contribution in [0.3, 0.4) is 0 Å². The van der Waals surface area contributed by atoms with Crippen molar-refractivity contribution < 1.29 is 49.0 Å². The number of rotatable bonds is 25. The van der Waals surface area contributed by atoms with Gasteiger partial charge in [0.25, 0.3) is 5.91 Å². The third-order valence-corrected chi connectivity index (χ3v) is 9.25. The highest BCUT2D eigenvalue weighted by Gasteiger charge is 2.19. The number of allylic oxidation sites excluding steroid dienone is 4. The number of hydrogen-bond acceptors (Lipinski definition) is 10. The lowest BCUT2D eigenvalue weighted by molar-refractivity contribution is -0.118. The molecule has 308 valence electrons. The smallest absolute Gasteiger partial charge is 0.347 e. The maximum Gasteiger partial charge on any atom is 0.347 e. The van der Waals surface area contributed by atoms with Crippen LogP contribution in [0.1, 0.15) is 110 Å². The van der Waals surface area contributed by atoms with Crippen molar-refractivity contribution in [3.8, 4) is 40.2 Å². The number of phenolic OH excluding ortho intramolecular Hbond substituents is 4. The predicted molar refractivity (Wildman–Crippen MR) is 224 cm³/mol. The minimum atomic E-state index is -0.902. The number of ketones is 1. The Hall–Kier alpha value is -6.23. The lowest BCUT2D eigenvalue weighted by atomic mass is 10.0. The molecule has 0 heterocycles. The molecule has 5 N–H and O–H groups in total. The molecule has 0 aromatic heterocycles. The standard InChI is InChI=1S/C47H55NO10/c1-2-3-4-5-6-7-8-9-10-11-12-13-14-15-16-21-35(49)32-34-28-29-38(48-46(54)36-22-19-24-39(50)44(36)52)43(33-34)57-31-30-56-41-26-17-18-27-42(41)58-47(55)37-23-20-25-40(51)45(37)53/h6-7,9-10,17-20,22-29,33,50-53H,2-5,8,11-16,21,30-32H2,1H3,(H,48,54)/b7-6-,10-9-. The van der Waals surface area contributed by atoms with Crippen molar-refractivity contribution in [2.45, 2.75) is 90.4 Å². The van der Waals surface area contributed by atoms with E-state index in [-0.39, 0.29) is 59.5 Å². The van der Waals surface area contributed by atoms with Crippen LogP contribution in [0.5, 0.6) is 40.2 Å². The van der Waals surface area contributed by atoms with E-state index in [1.54, 1.807) is 36.4 Å². The normalized spacial score (nSPS) is 11.2. The lowest BCUT2D eigenvalue weighted by Crippen LogP contribution is -2.15. The Morgan fingerprint density at radius 3 is 1.93 bits per heavy atom. The fourth-order valence-corrected chi connectivity index (χ4v) is 6.06. The summed E-state index contributed by atoms with van der Waals surface area (Å²) in [5, 5.41) is 42.7. The Kier molecular flexibility index (Phi) is 18.7. The van der Waals surface area contributed by atoms with Gasteiger partial charge in [0, 0.05) is 12.8 Å². The molecule has 1 amide bonds. The molecule has 4 rings (SSSR count). The average Bonchev–Trinajstić information content (AvgIpc) is 3.21. The SMILES string of the molecule is CCCCC/C=C\C/C=C\CCCCCCCC(=O)Cc1ccc(NC(=O)c2cccc(O)c2O)c(OCCOc2ccccc2OC(=O)c2cccc(O)c2O)c1. The van der Waals surface area contributed by atoms with Gasteiger partial charge in [-0.3, -0.25) is 9.59 Å². The molecule has 0 saturated carbocycles. The van der Waals surface area contributed by atoms with E-state index >= 15 is 0 Å². The summed E-state index contributed by atoms with van der Waals surface area (Å²) in [6.45, 7) is 2.16. The largest absolute Gasteiger partial charge is 0.504 e. The molecule has 0 spiro atoms. The highest BCUT2D eigenvalue weighted by molar-refractivity contribution is 6.07. The third kappa shape index (κ3) is 14.7. The Bertz CT molecular complexity index is 2000. The Balaban J connectivity index is 1.29. The van der Waals surface area contributed by atoms with Crippen LogP contribution in [-0.4, -0.2) is 51.3 Å². The molecule has 0 aliphatic carbocycles. The topological polar surface area (TPSA) is 172 Å². The van der Waals surface area contributed by atoms with Crippen molar-refractivity contribution in [1.82, 2.24) is 0 Å². The first kappa shape index (κ1) is 44.5. The molecule has 11 nitrogen and oxygen atoms in total. The fraction of sp³-hybridized carbons (Fsp3) is 0.340. The maximum absolute atomic E-state index is 13.1. The number of carbonyl (C=O) groups excluding carboxylic acids is 3. The molecule has 0 unspecified atom stereocenters. The van der Waals surface area contributed by atoms with Crippen LogP contribution >= 0.6 is 0 Å². The molecule has 0 radical (unpaired) electrons. The van der Waals surface area contributed by atoms with Crippen molar-refractivity contribution in [3.05, 3.63) is 120 Å². The molecule has 11 heteroatoms. The highest BCUT2D eigenvalue weighted by atomic mass is 16.6. The lowest BCUT2D eigenvalue weighted by Gasteiger charge is -2.16. The van der Waals surface area contributed by atoms with Gasteiger partial charge in [0.15, 0.2) is 34.5 Å². The second-order valence-corrected chi connectivity index (χ2v) is 13.9. The maximum atomic E-state index is 13.1. The van der Waals surface area contributed by atoms with Gasteiger partial charge in [0.2, 0.25) is 0 Å². The van der Waals surface area contributed by atoms with Crippen molar-refractivity contribution in [1.29, 1.82) is 0 Å². The summed E-state index contributed by atoms with van der Waals surface area (Å²) in [6.07, 6.45) is 21.8. The van der Waals surface area contributed by atoms with Gasteiger partial charge in [0.1, 0.15) is 30.3 Å². The summed E-state index contributed by atoms with van der Waals surface area (Å²) in [5.74, 6) is -3.05. The van der Waals surface area contributed by atoms with Crippen LogP contribution in [0.4, 0.5) is 5.69 Å². The van der Waals surface area contributed by atoms with E-state index in [1.807, 2.05) is 0 Å². The van der Waals surface area contributed by atoms with Gasteiger partial charge in [-0.25, -0.2) is 4.79 Å². The van der Waals surface area contributed by atoms with E-state index in [0.717, 1.165) is 51.4 Å². The number of amides is 1. The molecule has 0 fully saturated rings. The monoisotopic (exact) mass is 793 g/mol. The molecule has 4 aromatic carbocycles. The minimum absolute atomic E-state index is 0.0251. The highest BCUT2D eigenvalue weighted by Crippen LogP contribution is 2.33. The number of nitrogens with one attached hydrogen (secondary N) is 1. The summed E-state index contributed by atoms with van der Waals surface area (Å²) in [5.41, 5.74) is 0.583. The number of ether oxygens (including phenoxy) is 3. The van der Waals surface area contributed by atoms with Crippen LogP contribution in [0, 0.1) is 0 Å². The van der Waals surface area contributed by atoms with Crippen LogP contribution in [0.25, 0.3) is 0 Å². The van der Waals surface area contributed by atoms with Crippen molar-refractivity contribution in [2.75, 3.05) is 18.5 Å². The summed E-state index contributed by atoms with van der Waals surface area (Å²) >= 11 is 0. The molecule has 58 heavy (non-hydrogen) atoms. The van der Waals surface area contributed by atoms with Gasteiger partial charge >= 0.3 is 5.97 Å². The quantitative estimate of drug-likeness (QED) is 0.0143. The number of unbranched alkanes of at least 4 members (excludes halogenated alkanes) is 8. The molecule has 0 atom stereocenters. The minimum Gasteiger partial charge on any atom is -0.504 e. The molecule has 0 aliphatic rings. The average molecular weight is 794 g/mol. The van der Waals surface area contributed by atoms with Crippen molar-refractivity contribution in [3.63, 3.8) is 0 Å². The van der Waals surface area contributed by atoms with E-state index in [0.29, 0.717) is 12.0 Å². The molecule has 4 aromatic rings. The predicted octanol–water partition coefficient (Wildman–Crippen LogP) is 10.4. The zero-order chi connectivity index (χ0) is 41.5. The van der Waals surface area contributed by atoms with E-state index in [1.165, 1.54) is 61.7 Å². The van der Waals surface area contributed by atoms with Gasteiger partial charge in [-0.1, -0.05) is 93.7 Å². The summed E-state index contributed by atoms with van der Waals surface area (Å²) < 4.78 is 17.3. The third-order valence-electron chi connectivity index (χ3n) is 9.25. The fourth-order valence-electron chi connectivity index (χ4n) is 6.06. The number of benzene rings is 4. The van der Waals surface area contributed by atoms with E-state index < -0.39 is 34.9 Å². The van der Waals surface area contributed by atoms with Crippen LogP contribution in [-0.2, 0) is 11.2 Å². The zero-order valence-electron chi connectivity index (χ0n) is 33.2. The number of Topliss-reactive ketones (excluding diaryl/α,β-unsaturated/α-hetero) is 1. The first-order valence-corrected chi connectivity index (χ1v) is 20.0. The number of anilines is 1. The Morgan fingerprint density at radius 1 is 0.621 bits per heavy atom. The first-order chi connectivity index (χ1) is 28.2. The second kappa shape index (κ2) is 24.4. The summed E-state index contributed by atoms with van der Waals surface area (Å²) in [4.78, 5) is 38.8. The number of para-hydroxylation sites is 4. The van der Waals surface area contributed by atoms with Gasteiger partial charge in [-0.15, -0.1) is 0 Å². The van der Waals surface area contributed by atoms with Gasteiger partial charge in [-0.05, 0) is 92.6 Å². The first-order valence-electron chi connectivity index (χ1n) is 20.0. The van der Waals surface area contributed by atoms with Crippen LogP contribution in [0.15, 0.2) is 103 Å². The van der Waals surface area contributed by atoms with Gasteiger partial charge in [-0.2, -0.15) is 0 Å². The van der Waals surface area contributed by atoms with Gasteiger partial charge < -0.3 is 40.0 Å². The number of esters is 1. The zero-order valence-corrected chi connectivity index (χ0v) is 33.2. The van der Waals surface area contributed by atoms with Crippen LogP contribution in [0.2, 0.25) is 0 Å². The number of aromatic hydroxyl groups is 4. The Labute approximate surface area is 340 Å². The second-order valence-electron chi connectivity index (χ2n) is 13.9. The van der Waals surface area contributed by atoms with E-state index in [9.17, 15) is 34.8 Å². The Morgan fingerprint density at radius 2 is 1.22 bits per heavy atom. The number of phenols is 4. The number of hydrogen-bond donors (Lipinski definition) is 5.